The summed E-state index contributed by atoms with van der Waals surface area (Å²) in [6.07, 6.45) is 5.81. The topological polar surface area (TPSA) is 38.3 Å². The Labute approximate surface area is 85.2 Å². The predicted molar refractivity (Wildman–Crippen MR) is 53.9 cm³/mol. The van der Waals surface area contributed by atoms with Crippen LogP contribution in [0, 0.1) is 11.8 Å². The molecule has 14 heavy (non-hydrogen) atoms. The van der Waals surface area contributed by atoms with E-state index in [1.54, 1.807) is 0 Å². The molecule has 0 amide bonds. The van der Waals surface area contributed by atoms with Gasteiger partial charge in [-0.25, -0.2) is 0 Å². The number of carbonyl (C=O) groups excluding carboxylic acids is 1. The fraction of sp³-hybridized carbons (Fsp3) is 0.909. The van der Waals surface area contributed by atoms with E-state index in [9.17, 15) is 4.79 Å². The van der Waals surface area contributed by atoms with Crippen LogP contribution in [0.2, 0.25) is 0 Å². The van der Waals surface area contributed by atoms with Gasteiger partial charge in [0.15, 0.2) is 0 Å². The number of nitrogens with one attached hydrogen (secondary N) is 1. The maximum absolute atomic E-state index is 11.6. The van der Waals surface area contributed by atoms with Gasteiger partial charge in [0, 0.05) is 6.04 Å². The Kier molecular flexibility index (Phi) is 3.06. The Balaban J connectivity index is 2.04. The number of rotatable bonds is 1. The zero-order chi connectivity index (χ0) is 9.97. The van der Waals surface area contributed by atoms with Crippen LogP contribution >= 0.6 is 0 Å². The number of piperidine rings is 1. The molecule has 0 bridgehead atoms. The summed E-state index contributed by atoms with van der Waals surface area (Å²) in [6, 6.07) is 0.571. The number of fused-ring (bicyclic) bond motifs is 1. The third-order valence-corrected chi connectivity index (χ3v) is 3.69. The van der Waals surface area contributed by atoms with E-state index < -0.39 is 0 Å². The van der Waals surface area contributed by atoms with E-state index in [2.05, 4.69) is 5.32 Å². The van der Waals surface area contributed by atoms with Gasteiger partial charge in [-0.05, 0) is 38.1 Å². The van der Waals surface area contributed by atoms with Crippen LogP contribution in [-0.2, 0) is 9.53 Å². The number of esters is 1. The first-order chi connectivity index (χ1) is 6.83. The summed E-state index contributed by atoms with van der Waals surface area (Å²) in [6.45, 7) is 1.12. The molecule has 2 aliphatic rings. The van der Waals surface area contributed by atoms with Crippen LogP contribution in [0.4, 0.5) is 0 Å². The van der Waals surface area contributed by atoms with Gasteiger partial charge in [0.05, 0.1) is 13.0 Å². The summed E-state index contributed by atoms with van der Waals surface area (Å²) in [4.78, 5) is 11.6. The lowest BCUT2D eigenvalue weighted by molar-refractivity contribution is -0.149. The first-order valence-corrected chi connectivity index (χ1v) is 5.64. The second kappa shape index (κ2) is 4.30. The van der Waals surface area contributed by atoms with E-state index in [-0.39, 0.29) is 11.9 Å². The van der Waals surface area contributed by atoms with Crippen molar-refractivity contribution >= 4 is 5.97 Å². The Morgan fingerprint density at radius 1 is 1.29 bits per heavy atom. The standard InChI is InChI=1S/C11H19NO2/c1-14-11(13)9-4-2-6-10-8(9)5-3-7-12-10/h8-10,12H,2-7H2,1H3/t8-,9-,10+/m1/s1. The molecule has 0 aromatic heterocycles. The molecule has 0 aromatic rings. The minimum atomic E-state index is 0.00315. The molecule has 0 aromatic carbocycles. The molecule has 3 atom stereocenters. The average Bonchev–Trinajstić information content (AvgIpc) is 2.27. The number of hydrogen-bond donors (Lipinski definition) is 1. The van der Waals surface area contributed by atoms with Crippen molar-refractivity contribution in [3.8, 4) is 0 Å². The zero-order valence-corrected chi connectivity index (χ0v) is 8.79. The molecule has 1 N–H and O–H groups in total. The number of carbonyl (C=O) groups is 1. The minimum Gasteiger partial charge on any atom is -0.469 e. The van der Waals surface area contributed by atoms with Gasteiger partial charge < -0.3 is 10.1 Å². The smallest absolute Gasteiger partial charge is 0.308 e. The summed E-state index contributed by atoms with van der Waals surface area (Å²) in [5, 5.41) is 3.52. The van der Waals surface area contributed by atoms with Crippen molar-refractivity contribution in [3.05, 3.63) is 0 Å². The molecule has 3 nitrogen and oxygen atoms in total. The first kappa shape index (κ1) is 9.97. The van der Waals surface area contributed by atoms with Gasteiger partial charge >= 0.3 is 5.97 Å². The predicted octanol–water partition coefficient (Wildman–Crippen LogP) is 1.33. The Morgan fingerprint density at radius 3 is 2.93 bits per heavy atom. The van der Waals surface area contributed by atoms with Crippen molar-refractivity contribution in [2.24, 2.45) is 11.8 Å². The summed E-state index contributed by atoms with van der Waals surface area (Å²) >= 11 is 0. The Morgan fingerprint density at radius 2 is 2.14 bits per heavy atom. The summed E-state index contributed by atoms with van der Waals surface area (Å²) in [7, 11) is 1.50. The highest BCUT2D eigenvalue weighted by molar-refractivity contribution is 5.72. The Bertz CT molecular complexity index is 215. The Hall–Kier alpha value is -0.570. The third kappa shape index (κ3) is 1.78. The molecule has 1 aliphatic carbocycles. The molecule has 3 heteroatoms. The fourth-order valence-corrected chi connectivity index (χ4v) is 2.99. The molecule has 0 unspecified atom stereocenters. The number of methoxy groups -OCH3 is 1. The molecular formula is C11H19NO2. The summed E-state index contributed by atoms with van der Waals surface area (Å²) in [5.74, 6) is 0.694. The van der Waals surface area contributed by atoms with Crippen LogP contribution in [0.25, 0.3) is 0 Å². The largest absolute Gasteiger partial charge is 0.469 e. The molecule has 1 heterocycles. The zero-order valence-electron chi connectivity index (χ0n) is 8.79. The van der Waals surface area contributed by atoms with Crippen molar-refractivity contribution in [2.45, 2.75) is 38.1 Å². The lowest BCUT2D eigenvalue weighted by Crippen LogP contribution is -2.48. The average molecular weight is 197 g/mol. The van der Waals surface area contributed by atoms with Gasteiger partial charge in [-0.2, -0.15) is 0 Å². The number of ether oxygens (including phenoxy) is 1. The molecule has 80 valence electrons. The molecule has 2 fully saturated rings. The van der Waals surface area contributed by atoms with E-state index in [1.165, 1.54) is 26.4 Å². The highest BCUT2D eigenvalue weighted by Gasteiger charge is 2.38. The molecule has 0 spiro atoms. The van der Waals surface area contributed by atoms with Gasteiger partial charge in [0.25, 0.3) is 0 Å². The number of hydrogen-bond acceptors (Lipinski definition) is 3. The van der Waals surface area contributed by atoms with E-state index in [0.29, 0.717) is 12.0 Å². The van der Waals surface area contributed by atoms with Crippen LogP contribution in [0.15, 0.2) is 0 Å². The van der Waals surface area contributed by atoms with Crippen LogP contribution in [-0.4, -0.2) is 25.7 Å². The maximum Gasteiger partial charge on any atom is 0.308 e. The summed E-state index contributed by atoms with van der Waals surface area (Å²) < 4.78 is 4.87. The van der Waals surface area contributed by atoms with Crippen molar-refractivity contribution in [3.63, 3.8) is 0 Å². The monoisotopic (exact) mass is 197 g/mol. The van der Waals surface area contributed by atoms with Crippen molar-refractivity contribution in [1.29, 1.82) is 0 Å². The van der Waals surface area contributed by atoms with E-state index in [4.69, 9.17) is 4.74 Å². The second-order valence-electron chi connectivity index (χ2n) is 4.43. The van der Waals surface area contributed by atoms with Crippen LogP contribution in [0.1, 0.15) is 32.1 Å². The van der Waals surface area contributed by atoms with Crippen LogP contribution < -0.4 is 5.32 Å². The van der Waals surface area contributed by atoms with Crippen molar-refractivity contribution < 1.29 is 9.53 Å². The van der Waals surface area contributed by atoms with Crippen molar-refractivity contribution in [1.82, 2.24) is 5.32 Å². The van der Waals surface area contributed by atoms with Gasteiger partial charge in [0.1, 0.15) is 0 Å². The minimum absolute atomic E-state index is 0.00315. The molecule has 1 saturated heterocycles. The van der Waals surface area contributed by atoms with Crippen LogP contribution in [0.3, 0.4) is 0 Å². The molecular weight excluding hydrogens is 178 g/mol. The van der Waals surface area contributed by atoms with Gasteiger partial charge in [-0.3, -0.25) is 4.79 Å². The van der Waals surface area contributed by atoms with Gasteiger partial charge in [-0.15, -0.1) is 0 Å². The highest BCUT2D eigenvalue weighted by Crippen LogP contribution is 2.36. The van der Waals surface area contributed by atoms with Crippen LogP contribution in [0.5, 0.6) is 0 Å². The van der Waals surface area contributed by atoms with E-state index in [1.807, 2.05) is 0 Å². The molecule has 0 radical (unpaired) electrons. The lowest BCUT2D eigenvalue weighted by Gasteiger charge is -2.40. The summed E-state index contributed by atoms with van der Waals surface area (Å²) in [5.41, 5.74) is 0. The molecule has 1 aliphatic heterocycles. The molecule has 2 rings (SSSR count). The molecule has 1 saturated carbocycles. The van der Waals surface area contributed by atoms with Gasteiger partial charge in [-0.1, -0.05) is 6.42 Å². The quantitative estimate of drug-likeness (QED) is 0.644. The SMILES string of the molecule is COC(=O)[C@@H]1CCC[C@@H]2NCCC[C@@H]21. The third-order valence-electron chi connectivity index (χ3n) is 3.69. The first-order valence-electron chi connectivity index (χ1n) is 5.64. The maximum atomic E-state index is 11.6. The fourth-order valence-electron chi connectivity index (χ4n) is 2.99. The van der Waals surface area contributed by atoms with Crippen molar-refractivity contribution in [2.75, 3.05) is 13.7 Å². The van der Waals surface area contributed by atoms with Gasteiger partial charge in [0.2, 0.25) is 0 Å². The normalized spacial score (nSPS) is 37.4. The highest BCUT2D eigenvalue weighted by atomic mass is 16.5. The lowest BCUT2D eigenvalue weighted by atomic mass is 9.72. The van der Waals surface area contributed by atoms with E-state index in [0.717, 1.165) is 19.4 Å². The van der Waals surface area contributed by atoms with E-state index >= 15 is 0 Å². The second-order valence-corrected chi connectivity index (χ2v) is 4.43.